The van der Waals surface area contributed by atoms with Crippen LogP contribution in [0.25, 0.3) is 6.08 Å². The zero-order chi connectivity index (χ0) is 13.9. The van der Waals surface area contributed by atoms with E-state index in [2.05, 4.69) is 0 Å². The van der Waals surface area contributed by atoms with Crippen molar-refractivity contribution in [3.8, 4) is 0 Å². The normalized spacial score (nSPS) is 25.8. The molecule has 0 bridgehead atoms. The van der Waals surface area contributed by atoms with Crippen molar-refractivity contribution >= 4 is 16.1 Å². The summed E-state index contributed by atoms with van der Waals surface area (Å²) in [6.07, 6.45) is 2.91. The van der Waals surface area contributed by atoms with Crippen LogP contribution in [0, 0.1) is 0 Å². The zero-order valence-corrected chi connectivity index (χ0v) is 11.8. The van der Waals surface area contributed by atoms with Crippen molar-refractivity contribution in [2.75, 3.05) is 13.1 Å². The average Bonchev–Trinajstić information content (AvgIpc) is 2.37. The Morgan fingerprint density at radius 2 is 2.00 bits per heavy atom. The maximum absolute atomic E-state index is 12.2. The Morgan fingerprint density at radius 1 is 1.32 bits per heavy atom. The van der Waals surface area contributed by atoms with Crippen molar-refractivity contribution in [1.82, 2.24) is 4.31 Å². The highest BCUT2D eigenvalue weighted by atomic mass is 32.2. The molecular formula is C14H19NO3S. The number of β-amino-alcohol motifs (C(OH)–C–C–N with tert-alkyl or cyclic N) is 1. The van der Waals surface area contributed by atoms with Crippen LogP contribution in [0.4, 0.5) is 0 Å². The molecule has 19 heavy (non-hydrogen) atoms. The maximum Gasteiger partial charge on any atom is 0.236 e. The van der Waals surface area contributed by atoms with Gasteiger partial charge in [0, 0.05) is 18.5 Å². The van der Waals surface area contributed by atoms with Crippen LogP contribution < -0.4 is 0 Å². The molecule has 1 aromatic carbocycles. The van der Waals surface area contributed by atoms with Crippen LogP contribution in [0.1, 0.15) is 25.3 Å². The summed E-state index contributed by atoms with van der Waals surface area (Å²) >= 11 is 0. The molecule has 104 valence electrons. The Labute approximate surface area is 114 Å². The number of hydrogen-bond donors (Lipinski definition) is 1. The first-order valence-corrected chi connectivity index (χ1v) is 7.85. The maximum atomic E-state index is 12.2. The fourth-order valence-electron chi connectivity index (χ4n) is 2.21. The van der Waals surface area contributed by atoms with Crippen molar-refractivity contribution in [3.05, 3.63) is 41.3 Å². The van der Waals surface area contributed by atoms with Crippen molar-refractivity contribution in [2.45, 2.75) is 25.4 Å². The molecule has 1 unspecified atom stereocenters. The second-order valence-electron chi connectivity index (χ2n) is 5.19. The molecule has 1 aliphatic rings. The smallest absolute Gasteiger partial charge is 0.236 e. The van der Waals surface area contributed by atoms with Gasteiger partial charge in [-0.3, -0.25) is 0 Å². The Morgan fingerprint density at radius 3 is 2.63 bits per heavy atom. The van der Waals surface area contributed by atoms with Crippen LogP contribution >= 0.6 is 0 Å². The van der Waals surface area contributed by atoms with Crippen molar-refractivity contribution in [1.29, 1.82) is 0 Å². The second-order valence-corrected chi connectivity index (χ2v) is 7.01. The molecule has 5 heteroatoms. The van der Waals surface area contributed by atoms with Gasteiger partial charge in [0.1, 0.15) is 0 Å². The first-order valence-electron chi connectivity index (χ1n) is 6.35. The lowest BCUT2D eigenvalue weighted by molar-refractivity contribution is 0.00975. The Hall–Kier alpha value is -1.17. The van der Waals surface area contributed by atoms with Gasteiger partial charge in [-0.15, -0.1) is 0 Å². The molecule has 1 N–H and O–H groups in total. The summed E-state index contributed by atoms with van der Waals surface area (Å²) < 4.78 is 25.7. The minimum absolute atomic E-state index is 0.161. The molecule has 0 saturated carbocycles. The monoisotopic (exact) mass is 281 g/mol. The van der Waals surface area contributed by atoms with E-state index in [9.17, 15) is 13.5 Å². The lowest BCUT2D eigenvalue weighted by Gasteiger charge is -2.35. The van der Waals surface area contributed by atoms with E-state index in [1.54, 1.807) is 13.0 Å². The summed E-state index contributed by atoms with van der Waals surface area (Å²) in [6.45, 7) is 2.31. The molecule has 0 spiro atoms. The summed E-state index contributed by atoms with van der Waals surface area (Å²) in [6, 6.07) is 9.29. The molecule has 1 fully saturated rings. The van der Waals surface area contributed by atoms with Gasteiger partial charge >= 0.3 is 0 Å². The molecule has 4 nitrogen and oxygen atoms in total. The number of piperidine rings is 1. The number of rotatable bonds is 3. The lowest BCUT2D eigenvalue weighted by Crippen LogP contribution is -2.47. The molecule has 1 saturated heterocycles. The Kier molecular flexibility index (Phi) is 4.08. The van der Waals surface area contributed by atoms with Crippen molar-refractivity contribution in [2.24, 2.45) is 0 Å². The zero-order valence-electron chi connectivity index (χ0n) is 11.0. The van der Waals surface area contributed by atoms with Gasteiger partial charge in [0.25, 0.3) is 0 Å². The van der Waals surface area contributed by atoms with Gasteiger partial charge in [-0.1, -0.05) is 30.3 Å². The number of hydrogen-bond acceptors (Lipinski definition) is 3. The summed E-state index contributed by atoms with van der Waals surface area (Å²) in [4.78, 5) is 0. The number of nitrogens with zero attached hydrogens (tertiary/aromatic N) is 1. The Balaban J connectivity index is 2.12. The quantitative estimate of drug-likeness (QED) is 0.919. The third-order valence-electron chi connectivity index (χ3n) is 3.23. The predicted octanol–water partition coefficient (Wildman–Crippen LogP) is 1.83. The highest BCUT2D eigenvalue weighted by Gasteiger charge is 2.33. The van der Waals surface area contributed by atoms with Crippen molar-refractivity contribution < 1.29 is 13.5 Å². The largest absolute Gasteiger partial charge is 0.389 e. The molecule has 1 heterocycles. The van der Waals surface area contributed by atoms with Crippen LogP contribution in [0.5, 0.6) is 0 Å². The molecule has 0 aromatic heterocycles. The van der Waals surface area contributed by atoms with E-state index in [1.165, 1.54) is 9.71 Å². The van der Waals surface area contributed by atoms with Crippen LogP contribution in [0.15, 0.2) is 35.7 Å². The molecule has 0 aliphatic carbocycles. The van der Waals surface area contributed by atoms with Gasteiger partial charge in [0.2, 0.25) is 10.0 Å². The molecule has 1 aromatic rings. The lowest BCUT2D eigenvalue weighted by atomic mass is 9.97. The highest BCUT2D eigenvalue weighted by molar-refractivity contribution is 7.92. The third-order valence-corrected chi connectivity index (χ3v) is 4.74. The first-order chi connectivity index (χ1) is 8.89. The molecule has 2 rings (SSSR count). The van der Waals surface area contributed by atoms with Crippen LogP contribution in [-0.2, 0) is 10.0 Å². The van der Waals surface area contributed by atoms with Crippen LogP contribution in [0.2, 0.25) is 0 Å². The standard InChI is InChI=1S/C14H19NO3S/c1-14(16)9-5-10-15(12-14)19(17,18)11-8-13-6-3-2-4-7-13/h2-4,6-8,11,16H,5,9-10,12H2,1H3/b11-8+. The van der Waals surface area contributed by atoms with Gasteiger partial charge < -0.3 is 5.11 Å². The number of benzene rings is 1. The van der Waals surface area contributed by atoms with E-state index in [0.717, 1.165) is 5.56 Å². The van der Waals surface area contributed by atoms with Gasteiger partial charge in [-0.25, -0.2) is 8.42 Å². The number of sulfonamides is 1. The van der Waals surface area contributed by atoms with E-state index in [4.69, 9.17) is 0 Å². The molecule has 0 radical (unpaired) electrons. The van der Waals surface area contributed by atoms with E-state index >= 15 is 0 Å². The van der Waals surface area contributed by atoms with E-state index in [1.807, 2.05) is 30.3 Å². The van der Waals surface area contributed by atoms with Crippen LogP contribution in [0.3, 0.4) is 0 Å². The summed E-state index contributed by atoms with van der Waals surface area (Å²) in [5, 5.41) is 11.2. The average molecular weight is 281 g/mol. The van der Waals surface area contributed by atoms with Gasteiger partial charge in [-0.2, -0.15) is 4.31 Å². The van der Waals surface area contributed by atoms with Gasteiger partial charge in [0.15, 0.2) is 0 Å². The second kappa shape index (κ2) is 5.45. The molecule has 1 atom stereocenters. The first kappa shape index (κ1) is 14.2. The van der Waals surface area contributed by atoms with E-state index in [-0.39, 0.29) is 6.54 Å². The topological polar surface area (TPSA) is 57.6 Å². The highest BCUT2D eigenvalue weighted by Crippen LogP contribution is 2.23. The minimum atomic E-state index is -3.46. The van der Waals surface area contributed by atoms with Gasteiger partial charge in [0.05, 0.1) is 5.60 Å². The van der Waals surface area contributed by atoms with Crippen LogP contribution in [-0.4, -0.2) is 36.5 Å². The number of aliphatic hydroxyl groups is 1. The summed E-state index contributed by atoms with van der Waals surface area (Å²) in [5.74, 6) is 0. The van der Waals surface area contributed by atoms with E-state index in [0.29, 0.717) is 19.4 Å². The fraction of sp³-hybridized carbons (Fsp3) is 0.429. The van der Waals surface area contributed by atoms with Gasteiger partial charge in [-0.05, 0) is 31.4 Å². The summed E-state index contributed by atoms with van der Waals surface area (Å²) in [7, 11) is -3.46. The molecular weight excluding hydrogens is 262 g/mol. The molecule has 1 aliphatic heterocycles. The van der Waals surface area contributed by atoms with E-state index < -0.39 is 15.6 Å². The Bertz CT molecular complexity index is 549. The SMILES string of the molecule is CC1(O)CCCN(S(=O)(=O)/C=C/c2ccccc2)C1. The fourth-order valence-corrected chi connectivity index (χ4v) is 3.55. The molecule has 0 amide bonds. The minimum Gasteiger partial charge on any atom is -0.389 e. The third kappa shape index (κ3) is 3.89. The summed E-state index contributed by atoms with van der Waals surface area (Å²) in [5.41, 5.74) is -0.0822. The predicted molar refractivity (Wildman–Crippen MR) is 75.8 cm³/mol. The van der Waals surface area contributed by atoms with Crippen molar-refractivity contribution in [3.63, 3.8) is 0 Å².